The van der Waals surface area contributed by atoms with Crippen LogP contribution in [0.25, 0.3) is 11.1 Å². The lowest BCUT2D eigenvalue weighted by atomic mass is 10.2. The third kappa shape index (κ3) is 2.98. The fraction of sp³-hybridized carbons (Fsp3) is 0.133. The maximum Gasteiger partial charge on any atom is 0.292 e. The molecule has 0 saturated heterocycles. The van der Waals surface area contributed by atoms with Crippen LogP contribution in [0.5, 0.6) is 5.75 Å². The summed E-state index contributed by atoms with van der Waals surface area (Å²) < 4.78 is 11.0. The van der Waals surface area contributed by atoms with Crippen LogP contribution in [0.3, 0.4) is 0 Å². The van der Waals surface area contributed by atoms with E-state index in [1.54, 1.807) is 18.3 Å². The van der Waals surface area contributed by atoms with Crippen molar-refractivity contribution in [2.24, 2.45) is 0 Å². The first-order valence-corrected chi connectivity index (χ1v) is 6.62. The minimum Gasteiger partial charge on any atom is -0.485 e. The Balaban J connectivity index is 1.77. The fourth-order valence-corrected chi connectivity index (χ4v) is 2.01. The first kappa shape index (κ1) is 13.9. The van der Waals surface area contributed by atoms with E-state index in [4.69, 9.17) is 14.9 Å². The predicted octanol–water partition coefficient (Wildman–Crippen LogP) is 2.34. The van der Waals surface area contributed by atoms with Gasteiger partial charge in [-0.25, -0.2) is 4.98 Å². The molecule has 7 heteroatoms. The zero-order valence-electron chi connectivity index (χ0n) is 11.9. The highest BCUT2D eigenvalue weighted by molar-refractivity contribution is 5.89. The second-order valence-corrected chi connectivity index (χ2v) is 4.67. The Morgan fingerprint density at radius 3 is 3.09 bits per heavy atom. The highest BCUT2D eigenvalue weighted by Gasteiger charge is 2.08. The highest BCUT2D eigenvalue weighted by atomic mass is 16.5. The monoisotopic (exact) mass is 298 g/mol. The van der Waals surface area contributed by atoms with E-state index in [0.717, 1.165) is 5.56 Å². The number of oxazole rings is 1. The van der Waals surface area contributed by atoms with E-state index in [-0.39, 0.29) is 11.9 Å². The number of hydrogen-bond donors (Lipinski definition) is 2. The summed E-state index contributed by atoms with van der Waals surface area (Å²) in [6, 6.07) is 9.11. The maximum atomic E-state index is 11.2. The zero-order valence-corrected chi connectivity index (χ0v) is 11.9. The summed E-state index contributed by atoms with van der Waals surface area (Å²) in [7, 11) is 0. The van der Waals surface area contributed by atoms with Crippen LogP contribution in [0.2, 0.25) is 0 Å². The molecule has 0 radical (unpaired) electrons. The van der Waals surface area contributed by atoms with Crippen molar-refractivity contribution in [2.45, 2.75) is 13.5 Å². The standard InChI is InChI=1S/C15H14N4O3/c1-9(20)18-14-12(3-2-6-17-14)21-8-10-4-5-11-13(7-10)22-15(16)19-11/h2-7H,8H2,1H3,(H2,16,19)(H,17,18,20). The van der Waals surface area contributed by atoms with E-state index in [1.807, 2.05) is 18.2 Å². The number of nitrogen functional groups attached to an aromatic ring is 1. The quantitative estimate of drug-likeness (QED) is 0.766. The van der Waals surface area contributed by atoms with E-state index in [1.165, 1.54) is 6.92 Å². The van der Waals surface area contributed by atoms with Crippen LogP contribution < -0.4 is 15.8 Å². The third-order valence-corrected chi connectivity index (χ3v) is 2.93. The van der Waals surface area contributed by atoms with Gasteiger partial charge < -0.3 is 20.2 Å². The average Bonchev–Trinajstić information content (AvgIpc) is 2.85. The molecule has 112 valence electrons. The van der Waals surface area contributed by atoms with Crippen molar-refractivity contribution >= 4 is 28.8 Å². The molecule has 3 N–H and O–H groups in total. The lowest BCUT2D eigenvalue weighted by Crippen LogP contribution is -2.09. The lowest BCUT2D eigenvalue weighted by molar-refractivity contribution is -0.114. The van der Waals surface area contributed by atoms with Crippen molar-refractivity contribution in [1.29, 1.82) is 0 Å². The summed E-state index contributed by atoms with van der Waals surface area (Å²) in [5.74, 6) is 0.678. The highest BCUT2D eigenvalue weighted by Crippen LogP contribution is 2.23. The van der Waals surface area contributed by atoms with Gasteiger partial charge in [-0.15, -0.1) is 0 Å². The predicted molar refractivity (Wildman–Crippen MR) is 81.3 cm³/mol. The van der Waals surface area contributed by atoms with Gasteiger partial charge in [-0.2, -0.15) is 4.98 Å². The number of carbonyl (C=O) groups is 1. The van der Waals surface area contributed by atoms with Crippen LogP contribution in [-0.2, 0) is 11.4 Å². The number of fused-ring (bicyclic) bond motifs is 1. The van der Waals surface area contributed by atoms with Crippen molar-refractivity contribution in [3.8, 4) is 5.75 Å². The Morgan fingerprint density at radius 1 is 1.41 bits per heavy atom. The Bertz CT molecular complexity index is 829. The average molecular weight is 298 g/mol. The van der Waals surface area contributed by atoms with E-state index in [9.17, 15) is 4.79 Å². The van der Waals surface area contributed by atoms with Gasteiger partial charge in [0.25, 0.3) is 6.01 Å². The molecule has 0 aliphatic heterocycles. The minimum absolute atomic E-state index is 0.133. The van der Waals surface area contributed by atoms with Crippen molar-refractivity contribution in [3.63, 3.8) is 0 Å². The third-order valence-electron chi connectivity index (χ3n) is 2.93. The summed E-state index contributed by atoms with van der Waals surface area (Å²) in [6.45, 7) is 1.72. The molecule has 1 aromatic carbocycles. The van der Waals surface area contributed by atoms with Gasteiger partial charge in [-0.1, -0.05) is 6.07 Å². The van der Waals surface area contributed by atoms with Gasteiger partial charge in [-0.05, 0) is 29.8 Å². The number of aromatic nitrogens is 2. The van der Waals surface area contributed by atoms with Crippen LogP contribution >= 0.6 is 0 Å². The molecule has 3 rings (SSSR count). The van der Waals surface area contributed by atoms with Crippen LogP contribution in [0.1, 0.15) is 12.5 Å². The maximum absolute atomic E-state index is 11.2. The molecular formula is C15H14N4O3. The normalized spacial score (nSPS) is 10.6. The van der Waals surface area contributed by atoms with Crippen LogP contribution in [0.15, 0.2) is 40.9 Å². The number of carbonyl (C=O) groups excluding carboxylic acids is 1. The number of amides is 1. The molecule has 0 spiro atoms. The second-order valence-electron chi connectivity index (χ2n) is 4.67. The molecule has 0 bridgehead atoms. The Morgan fingerprint density at radius 2 is 2.27 bits per heavy atom. The molecule has 0 saturated carbocycles. The van der Waals surface area contributed by atoms with E-state index < -0.39 is 0 Å². The molecular weight excluding hydrogens is 284 g/mol. The van der Waals surface area contributed by atoms with Gasteiger partial charge in [0.2, 0.25) is 5.91 Å². The number of ether oxygens (including phenoxy) is 1. The minimum atomic E-state index is -0.206. The van der Waals surface area contributed by atoms with Crippen LogP contribution in [0.4, 0.5) is 11.8 Å². The number of anilines is 2. The second kappa shape index (κ2) is 5.72. The van der Waals surface area contributed by atoms with E-state index in [2.05, 4.69) is 15.3 Å². The van der Waals surface area contributed by atoms with Gasteiger partial charge in [0.15, 0.2) is 17.2 Å². The molecule has 3 aromatic rings. The SMILES string of the molecule is CC(=O)Nc1ncccc1OCc1ccc2nc(N)oc2c1. The number of nitrogens with two attached hydrogens (primary N) is 1. The number of nitrogens with zero attached hydrogens (tertiary/aromatic N) is 2. The first-order chi connectivity index (χ1) is 10.6. The largest absolute Gasteiger partial charge is 0.485 e. The van der Waals surface area contributed by atoms with Gasteiger partial charge in [0, 0.05) is 13.1 Å². The molecule has 0 aliphatic carbocycles. The summed E-state index contributed by atoms with van der Waals surface area (Å²) in [6.07, 6.45) is 1.58. The van der Waals surface area contributed by atoms with Gasteiger partial charge in [-0.3, -0.25) is 4.79 Å². The van der Waals surface area contributed by atoms with Crippen molar-refractivity contribution in [3.05, 3.63) is 42.1 Å². The number of nitrogens with one attached hydrogen (secondary N) is 1. The lowest BCUT2D eigenvalue weighted by Gasteiger charge is -2.10. The number of benzene rings is 1. The fourth-order valence-electron chi connectivity index (χ4n) is 2.01. The van der Waals surface area contributed by atoms with Gasteiger partial charge in [0.1, 0.15) is 12.1 Å². The summed E-state index contributed by atoms with van der Waals surface area (Å²) in [5, 5.41) is 2.62. The molecule has 7 nitrogen and oxygen atoms in total. The Labute approximate surface area is 126 Å². The molecule has 0 aliphatic rings. The number of hydrogen-bond acceptors (Lipinski definition) is 6. The van der Waals surface area contributed by atoms with Crippen molar-refractivity contribution in [1.82, 2.24) is 9.97 Å². The molecule has 1 amide bonds. The molecule has 0 unspecified atom stereocenters. The number of rotatable bonds is 4. The summed E-state index contributed by atoms with van der Waals surface area (Å²) in [4.78, 5) is 19.3. The zero-order chi connectivity index (χ0) is 15.5. The molecule has 2 heterocycles. The van der Waals surface area contributed by atoms with Crippen molar-refractivity contribution in [2.75, 3.05) is 11.1 Å². The number of pyridine rings is 1. The molecule has 0 atom stereocenters. The van der Waals surface area contributed by atoms with Gasteiger partial charge in [0.05, 0.1) is 0 Å². The van der Waals surface area contributed by atoms with Crippen molar-refractivity contribution < 1.29 is 13.9 Å². The topological polar surface area (TPSA) is 103 Å². The Kier molecular flexibility index (Phi) is 3.61. The Hall–Kier alpha value is -3.09. The summed E-state index contributed by atoms with van der Waals surface area (Å²) >= 11 is 0. The van der Waals surface area contributed by atoms with Crippen LogP contribution in [-0.4, -0.2) is 15.9 Å². The molecule has 2 aromatic heterocycles. The molecule has 22 heavy (non-hydrogen) atoms. The first-order valence-electron chi connectivity index (χ1n) is 6.62. The molecule has 0 fully saturated rings. The van der Waals surface area contributed by atoms with Gasteiger partial charge >= 0.3 is 0 Å². The summed E-state index contributed by atoms with van der Waals surface area (Å²) in [5.41, 5.74) is 7.70. The van der Waals surface area contributed by atoms with E-state index in [0.29, 0.717) is 29.3 Å². The smallest absolute Gasteiger partial charge is 0.292 e. The van der Waals surface area contributed by atoms with E-state index >= 15 is 0 Å². The van der Waals surface area contributed by atoms with Crippen LogP contribution in [0, 0.1) is 0 Å².